The molecule has 0 spiro atoms. The average molecular weight is 501 g/mol. The van der Waals surface area contributed by atoms with E-state index in [1.165, 1.54) is 17.7 Å². The molecule has 0 atom stereocenters. The lowest BCUT2D eigenvalue weighted by Crippen LogP contribution is -2.36. The van der Waals surface area contributed by atoms with Crippen LogP contribution in [-0.4, -0.2) is 61.6 Å². The first kappa shape index (κ1) is 25.0. The van der Waals surface area contributed by atoms with E-state index >= 15 is 0 Å². The molecule has 2 aromatic heterocycles. The number of carbonyl (C=O) groups excluding carboxylic acids is 1. The summed E-state index contributed by atoms with van der Waals surface area (Å²) in [6.45, 7) is 13.4. The summed E-state index contributed by atoms with van der Waals surface area (Å²) in [6.07, 6.45) is 1.29. The Bertz CT molecular complexity index is 1190. The van der Waals surface area contributed by atoms with Gasteiger partial charge in [0.05, 0.1) is 49.3 Å². The predicted molar refractivity (Wildman–Crippen MR) is 138 cm³/mol. The normalized spacial score (nSPS) is 13.8. The van der Waals surface area contributed by atoms with Gasteiger partial charge in [-0.2, -0.15) is 0 Å². The molecule has 3 aromatic rings. The molecule has 10 heteroatoms. The lowest BCUT2D eigenvalue weighted by atomic mass is 10.1. The highest BCUT2D eigenvalue weighted by atomic mass is 32.1. The van der Waals surface area contributed by atoms with Gasteiger partial charge < -0.3 is 29.2 Å². The highest BCUT2D eigenvalue weighted by Gasteiger charge is 2.23. The number of anilines is 3. The Balaban J connectivity index is 1.76. The van der Waals surface area contributed by atoms with Gasteiger partial charge in [-0.15, -0.1) is 11.3 Å². The first-order chi connectivity index (χ1) is 16.9. The molecule has 1 aromatic carbocycles. The Morgan fingerprint density at radius 2 is 1.86 bits per heavy atom. The van der Waals surface area contributed by atoms with Crippen LogP contribution in [0.1, 0.15) is 42.9 Å². The molecule has 188 valence electrons. The zero-order valence-electron chi connectivity index (χ0n) is 20.8. The van der Waals surface area contributed by atoms with Crippen LogP contribution in [0.25, 0.3) is 10.2 Å². The largest absolute Gasteiger partial charge is 0.492 e. The number of hydrogen-bond acceptors (Lipinski definition) is 10. The number of nitrogens with zero attached hydrogens (tertiary/aromatic N) is 3. The van der Waals surface area contributed by atoms with E-state index in [2.05, 4.69) is 20.2 Å². The van der Waals surface area contributed by atoms with Gasteiger partial charge in [0, 0.05) is 25.2 Å². The first-order valence-electron chi connectivity index (χ1n) is 11.9. The highest BCUT2D eigenvalue weighted by molar-refractivity contribution is 7.20. The Morgan fingerprint density at radius 3 is 2.54 bits per heavy atom. The number of rotatable bonds is 9. The fourth-order valence-corrected chi connectivity index (χ4v) is 5.03. The maximum atomic E-state index is 12.6. The van der Waals surface area contributed by atoms with Crippen LogP contribution in [0.4, 0.5) is 17.2 Å². The van der Waals surface area contributed by atoms with E-state index in [-0.39, 0.29) is 12.1 Å². The van der Waals surface area contributed by atoms with Crippen molar-refractivity contribution in [3.63, 3.8) is 0 Å². The first-order valence-corrected chi connectivity index (χ1v) is 12.7. The number of thiophene rings is 1. The van der Waals surface area contributed by atoms with E-state index in [4.69, 9.17) is 18.9 Å². The molecule has 1 fully saturated rings. The third-order valence-corrected chi connectivity index (χ3v) is 6.70. The minimum atomic E-state index is -0.352. The Labute approximate surface area is 209 Å². The second-order valence-electron chi connectivity index (χ2n) is 8.32. The van der Waals surface area contributed by atoms with E-state index in [0.29, 0.717) is 47.7 Å². The molecule has 35 heavy (non-hydrogen) atoms. The van der Waals surface area contributed by atoms with Crippen molar-refractivity contribution in [1.82, 2.24) is 9.97 Å². The molecule has 0 radical (unpaired) electrons. The van der Waals surface area contributed by atoms with Crippen molar-refractivity contribution < 1.29 is 23.7 Å². The smallest absolute Gasteiger partial charge is 0.348 e. The molecule has 1 N–H and O–H groups in total. The Morgan fingerprint density at radius 1 is 1.14 bits per heavy atom. The van der Waals surface area contributed by atoms with Crippen molar-refractivity contribution >= 4 is 44.7 Å². The molecule has 9 nitrogen and oxygen atoms in total. The summed E-state index contributed by atoms with van der Waals surface area (Å²) in [5.41, 5.74) is 2.48. The van der Waals surface area contributed by atoms with E-state index < -0.39 is 0 Å². The van der Waals surface area contributed by atoms with E-state index in [0.717, 1.165) is 41.2 Å². The lowest BCUT2D eigenvalue weighted by molar-refractivity contribution is 0.0383. The van der Waals surface area contributed by atoms with Crippen molar-refractivity contribution in [3.8, 4) is 11.5 Å². The van der Waals surface area contributed by atoms with Crippen molar-refractivity contribution in [2.75, 3.05) is 49.7 Å². The molecule has 0 unspecified atom stereocenters. The van der Waals surface area contributed by atoms with Crippen molar-refractivity contribution in [3.05, 3.63) is 28.9 Å². The molecule has 1 aliphatic rings. The summed E-state index contributed by atoms with van der Waals surface area (Å²) in [4.78, 5) is 25.0. The van der Waals surface area contributed by atoms with Crippen LogP contribution < -0.4 is 19.7 Å². The average Bonchev–Trinajstić information content (AvgIpc) is 3.18. The third kappa shape index (κ3) is 5.43. The summed E-state index contributed by atoms with van der Waals surface area (Å²) < 4.78 is 23.0. The fraction of sp³-hybridized carbons (Fsp3) is 0.480. The second kappa shape index (κ2) is 11.1. The topological polar surface area (TPSA) is 95.0 Å². The zero-order chi connectivity index (χ0) is 24.9. The van der Waals surface area contributed by atoms with Crippen LogP contribution in [0.2, 0.25) is 0 Å². The molecule has 0 aliphatic carbocycles. The standard InChI is InChI=1S/C25H32N4O5S/c1-6-32-19-13-18(29-8-10-31-11-9-29)20(33-7-2)12-17(19)28-23-21-16(5)22(25(30)34-15(3)4)35-24(21)27-14-26-23/h12-15H,6-11H2,1-5H3,(H,26,27,28). The number of esters is 1. The van der Waals surface area contributed by atoms with Crippen LogP contribution in [0.3, 0.4) is 0 Å². The summed E-state index contributed by atoms with van der Waals surface area (Å²) in [6, 6.07) is 3.95. The second-order valence-corrected chi connectivity index (χ2v) is 9.32. The van der Waals surface area contributed by atoms with Crippen LogP contribution in [-0.2, 0) is 9.47 Å². The number of hydrogen-bond donors (Lipinski definition) is 1. The molecule has 1 saturated heterocycles. The van der Waals surface area contributed by atoms with Gasteiger partial charge in [0.25, 0.3) is 0 Å². The van der Waals surface area contributed by atoms with Crippen molar-refractivity contribution in [1.29, 1.82) is 0 Å². The number of nitrogens with one attached hydrogen (secondary N) is 1. The third-order valence-electron chi connectivity index (χ3n) is 5.52. The monoisotopic (exact) mass is 500 g/mol. The molecule has 1 aliphatic heterocycles. The van der Waals surface area contributed by atoms with Crippen LogP contribution in [0.15, 0.2) is 18.5 Å². The molecular formula is C25H32N4O5S. The molecular weight excluding hydrogens is 468 g/mol. The summed E-state index contributed by atoms with van der Waals surface area (Å²) in [7, 11) is 0. The summed E-state index contributed by atoms with van der Waals surface area (Å²) in [5, 5.41) is 4.20. The number of ether oxygens (including phenoxy) is 4. The van der Waals surface area contributed by atoms with E-state index in [1.54, 1.807) is 0 Å². The maximum absolute atomic E-state index is 12.6. The van der Waals surface area contributed by atoms with Gasteiger partial charge in [0.1, 0.15) is 33.4 Å². The number of benzene rings is 1. The van der Waals surface area contributed by atoms with Crippen LogP contribution in [0.5, 0.6) is 11.5 Å². The maximum Gasteiger partial charge on any atom is 0.348 e. The minimum Gasteiger partial charge on any atom is -0.492 e. The zero-order valence-corrected chi connectivity index (χ0v) is 21.7. The minimum absolute atomic E-state index is 0.202. The lowest BCUT2D eigenvalue weighted by Gasteiger charge is -2.31. The highest BCUT2D eigenvalue weighted by Crippen LogP contribution is 2.42. The predicted octanol–water partition coefficient (Wildman–Crippen LogP) is 4.94. The Kier molecular flexibility index (Phi) is 7.92. The van der Waals surface area contributed by atoms with Gasteiger partial charge in [-0.25, -0.2) is 14.8 Å². The number of aromatic nitrogens is 2. The molecule has 0 amide bonds. The number of carbonyl (C=O) groups is 1. The van der Waals surface area contributed by atoms with E-state index in [1.807, 2.05) is 46.8 Å². The number of aryl methyl sites for hydroxylation is 1. The van der Waals surface area contributed by atoms with Gasteiger partial charge >= 0.3 is 5.97 Å². The molecule has 4 rings (SSSR count). The quantitative estimate of drug-likeness (QED) is 0.410. The van der Waals surface area contributed by atoms with Gasteiger partial charge in [-0.3, -0.25) is 0 Å². The van der Waals surface area contributed by atoms with E-state index in [9.17, 15) is 4.79 Å². The van der Waals surface area contributed by atoms with Gasteiger partial charge in [0.2, 0.25) is 0 Å². The van der Waals surface area contributed by atoms with Crippen molar-refractivity contribution in [2.45, 2.75) is 40.7 Å². The fourth-order valence-electron chi connectivity index (χ4n) is 4.00. The van der Waals surface area contributed by atoms with Gasteiger partial charge in [-0.1, -0.05) is 0 Å². The Hall–Kier alpha value is -3.11. The number of morpholine rings is 1. The summed E-state index contributed by atoms with van der Waals surface area (Å²) >= 11 is 1.31. The van der Waals surface area contributed by atoms with Gasteiger partial charge in [-0.05, 0) is 40.2 Å². The van der Waals surface area contributed by atoms with Crippen LogP contribution >= 0.6 is 11.3 Å². The SMILES string of the molecule is CCOc1cc(N2CCOCC2)c(OCC)cc1Nc1ncnc2sc(C(=O)OC(C)C)c(C)c12. The molecule has 3 heterocycles. The van der Waals surface area contributed by atoms with Crippen molar-refractivity contribution in [2.24, 2.45) is 0 Å². The van der Waals surface area contributed by atoms with Gasteiger partial charge in [0.15, 0.2) is 0 Å². The number of fused-ring (bicyclic) bond motifs is 1. The molecule has 0 saturated carbocycles. The summed E-state index contributed by atoms with van der Waals surface area (Å²) in [5.74, 6) is 1.69. The molecule has 0 bridgehead atoms. The van der Waals surface area contributed by atoms with Crippen LogP contribution in [0, 0.1) is 6.92 Å².